The quantitative estimate of drug-likeness (QED) is 0.710. The van der Waals surface area contributed by atoms with Gasteiger partial charge in [0.05, 0.1) is 12.7 Å². The summed E-state index contributed by atoms with van der Waals surface area (Å²) >= 11 is 0. The van der Waals surface area contributed by atoms with Gasteiger partial charge in [-0.3, -0.25) is 9.59 Å². The summed E-state index contributed by atoms with van der Waals surface area (Å²) in [5.74, 6) is 0.406. The molecular formula is C18H26N2O4. The van der Waals surface area contributed by atoms with Gasteiger partial charge in [0, 0.05) is 12.1 Å². The van der Waals surface area contributed by atoms with Gasteiger partial charge in [0.2, 0.25) is 0 Å². The number of rotatable bonds is 8. The minimum Gasteiger partial charge on any atom is -0.484 e. The summed E-state index contributed by atoms with van der Waals surface area (Å²) in [5, 5.41) is 2.84. The summed E-state index contributed by atoms with van der Waals surface area (Å²) in [4.78, 5) is 22.7. The van der Waals surface area contributed by atoms with Crippen LogP contribution < -0.4 is 15.8 Å². The lowest BCUT2D eigenvalue weighted by Gasteiger charge is -2.28. The van der Waals surface area contributed by atoms with Gasteiger partial charge in [-0.05, 0) is 43.0 Å². The zero-order valence-corrected chi connectivity index (χ0v) is 14.1. The van der Waals surface area contributed by atoms with E-state index in [0.29, 0.717) is 36.5 Å². The van der Waals surface area contributed by atoms with Crippen LogP contribution in [0.1, 0.15) is 43.0 Å². The number of carbonyl (C=O) groups excluding carboxylic acids is 2. The monoisotopic (exact) mass is 334 g/mol. The van der Waals surface area contributed by atoms with Crippen LogP contribution in [0.5, 0.6) is 5.75 Å². The van der Waals surface area contributed by atoms with Crippen molar-refractivity contribution in [2.75, 3.05) is 19.8 Å². The fourth-order valence-corrected chi connectivity index (χ4v) is 2.86. The second kappa shape index (κ2) is 9.27. The molecule has 1 fully saturated rings. The number of carbonyl (C=O) groups is 2. The Morgan fingerprint density at radius 2 is 1.92 bits per heavy atom. The van der Waals surface area contributed by atoms with Crippen molar-refractivity contribution in [1.82, 2.24) is 5.32 Å². The molecule has 0 saturated heterocycles. The van der Waals surface area contributed by atoms with E-state index in [1.807, 2.05) is 0 Å². The lowest BCUT2D eigenvalue weighted by atomic mass is 9.88. The maximum Gasteiger partial charge on any atom is 0.255 e. The van der Waals surface area contributed by atoms with Crippen molar-refractivity contribution in [3.8, 4) is 5.75 Å². The topological polar surface area (TPSA) is 90.7 Å². The Kier molecular flexibility index (Phi) is 7.06. The molecule has 6 nitrogen and oxygen atoms in total. The molecule has 1 aliphatic rings. The third-order valence-electron chi connectivity index (χ3n) is 4.25. The van der Waals surface area contributed by atoms with Crippen molar-refractivity contribution in [2.24, 2.45) is 11.7 Å². The van der Waals surface area contributed by atoms with Crippen LogP contribution in [0.3, 0.4) is 0 Å². The molecule has 0 aliphatic heterocycles. The molecule has 2 amide bonds. The molecule has 0 radical (unpaired) electrons. The maximum atomic E-state index is 12.1. The normalized spacial score (nSPS) is 20.4. The lowest BCUT2D eigenvalue weighted by molar-refractivity contribution is -0.119. The van der Waals surface area contributed by atoms with Gasteiger partial charge >= 0.3 is 0 Å². The van der Waals surface area contributed by atoms with E-state index in [9.17, 15) is 9.59 Å². The molecule has 6 heteroatoms. The Hall–Kier alpha value is -2.08. The first-order valence-electron chi connectivity index (χ1n) is 8.47. The van der Waals surface area contributed by atoms with E-state index in [2.05, 4.69) is 12.2 Å². The van der Waals surface area contributed by atoms with Crippen molar-refractivity contribution >= 4 is 11.8 Å². The molecule has 0 heterocycles. The summed E-state index contributed by atoms with van der Waals surface area (Å²) in [6.07, 6.45) is 5.17. The van der Waals surface area contributed by atoms with Crippen molar-refractivity contribution < 1.29 is 19.1 Å². The molecule has 1 saturated carbocycles. The summed E-state index contributed by atoms with van der Waals surface area (Å²) in [6, 6.07) is 6.57. The number of ether oxygens (including phenoxy) is 2. The zero-order valence-electron chi connectivity index (χ0n) is 14.1. The average Bonchev–Trinajstić information content (AvgIpc) is 2.58. The standard InChI is InChI=1S/C18H26N2O4/c1-13-4-2-3-5-16(13)23-11-10-20-18(22)14-6-8-15(9-7-14)24-12-17(19)21/h6-9,13,16H,2-5,10-12H2,1H3,(H2,19,21)(H,20,22). The molecule has 2 rings (SSSR count). The van der Waals surface area contributed by atoms with Crippen molar-refractivity contribution in [1.29, 1.82) is 0 Å². The SMILES string of the molecule is CC1CCCCC1OCCNC(=O)c1ccc(OCC(N)=O)cc1. The Labute approximate surface area is 142 Å². The lowest BCUT2D eigenvalue weighted by Crippen LogP contribution is -2.31. The summed E-state index contributed by atoms with van der Waals surface area (Å²) in [6.45, 7) is 3.06. The smallest absolute Gasteiger partial charge is 0.255 e. The molecule has 2 unspecified atom stereocenters. The molecule has 0 aromatic heterocycles. The Morgan fingerprint density at radius 3 is 2.58 bits per heavy atom. The highest BCUT2D eigenvalue weighted by Crippen LogP contribution is 2.25. The fourth-order valence-electron chi connectivity index (χ4n) is 2.86. The Morgan fingerprint density at radius 1 is 1.21 bits per heavy atom. The molecule has 1 aromatic carbocycles. The number of benzene rings is 1. The van der Waals surface area contributed by atoms with E-state index < -0.39 is 5.91 Å². The summed E-state index contributed by atoms with van der Waals surface area (Å²) < 4.78 is 11.0. The highest BCUT2D eigenvalue weighted by Gasteiger charge is 2.21. The largest absolute Gasteiger partial charge is 0.484 e. The molecule has 1 aliphatic carbocycles. The maximum absolute atomic E-state index is 12.1. The number of hydrogen-bond acceptors (Lipinski definition) is 4. The second-order valence-electron chi connectivity index (χ2n) is 6.21. The number of primary amides is 1. The van der Waals surface area contributed by atoms with E-state index in [1.54, 1.807) is 24.3 Å². The average molecular weight is 334 g/mol. The Bertz CT molecular complexity index is 544. The predicted octanol–water partition coefficient (Wildman–Crippen LogP) is 1.88. The van der Waals surface area contributed by atoms with Crippen LogP contribution in [0.2, 0.25) is 0 Å². The molecule has 1 aromatic rings. The molecule has 3 N–H and O–H groups in total. The van der Waals surface area contributed by atoms with E-state index in [4.69, 9.17) is 15.2 Å². The molecular weight excluding hydrogens is 308 g/mol. The van der Waals surface area contributed by atoms with Gasteiger partial charge in [0.15, 0.2) is 6.61 Å². The van der Waals surface area contributed by atoms with Crippen LogP contribution in [0, 0.1) is 5.92 Å². The van der Waals surface area contributed by atoms with E-state index in [0.717, 1.165) is 6.42 Å². The number of amides is 2. The molecule has 24 heavy (non-hydrogen) atoms. The van der Waals surface area contributed by atoms with Crippen molar-refractivity contribution in [2.45, 2.75) is 38.7 Å². The number of nitrogens with one attached hydrogen (secondary N) is 1. The predicted molar refractivity (Wildman–Crippen MR) is 90.8 cm³/mol. The van der Waals surface area contributed by atoms with Gasteiger partial charge in [-0.25, -0.2) is 0 Å². The van der Waals surface area contributed by atoms with E-state index in [-0.39, 0.29) is 12.5 Å². The number of hydrogen-bond donors (Lipinski definition) is 2. The minimum atomic E-state index is -0.538. The van der Waals surface area contributed by atoms with Crippen LogP contribution in [0.15, 0.2) is 24.3 Å². The van der Waals surface area contributed by atoms with Gasteiger partial charge in [-0.1, -0.05) is 19.8 Å². The summed E-state index contributed by atoms with van der Waals surface area (Å²) in [5.41, 5.74) is 5.54. The molecule has 0 spiro atoms. The highest BCUT2D eigenvalue weighted by atomic mass is 16.5. The third kappa shape index (κ3) is 5.85. The minimum absolute atomic E-state index is 0.156. The van der Waals surface area contributed by atoms with Gasteiger partial charge in [0.1, 0.15) is 5.75 Å². The van der Waals surface area contributed by atoms with Crippen LogP contribution in [-0.4, -0.2) is 37.7 Å². The third-order valence-corrected chi connectivity index (χ3v) is 4.25. The summed E-state index contributed by atoms with van der Waals surface area (Å²) in [7, 11) is 0. The van der Waals surface area contributed by atoms with Gasteiger partial charge < -0.3 is 20.5 Å². The zero-order chi connectivity index (χ0) is 17.4. The van der Waals surface area contributed by atoms with Crippen molar-refractivity contribution in [3.63, 3.8) is 0 Å². The first-order valence-corrected chi connectivity index (χ1v) is 8.47. The van der Waals surface area contributed by atoms with Crippen LogP contribution in [-0.2, 0) is 9.53 Å². The van der Waals surface area contributed by atoms with Crippen LogP contribution in [0.25, 0.3) is 0 Å². The van der Waals surface area contributed by atoms with Crippen LogP contribution >= 0.6 is 0 Å². The van der Waals surface area contributed by atoms with E-state index in [1.165, 1.54) is 19.3 Å². The second-order valence-corrected chi connectivity index (χ2v) is 6.21. The molecule has 0 bridgehead atoms. The van der Waals surface area contributed by atoms with Gasteiger partial charge in [-0.2, -0.15) is 0 Å². The molecule has 2 atom stereocenters. The first-order chi connectivity index (χ1) is 11.6. The first kappa shape index (κ1) is 18.3. The van der Waals surface area contributed by atoms with Crippen LogP contribution in [0.4, 0.5) is 0 Å². The van der Waals surface area contributed by atoms with Gasteiger partial charge in [-0.15, -0.1) is 0 Å². The Balaban J connectivity index is 1.69. The van der Waals surface area contributed by atoms with Crippen molar-refractivity contribution in [3.05, 3.63) is 29.8 Å². The van der Waals surface area contributed by atoms with Gasteiger partial charge in [0.25, 0.3) is 11.8 Å². The number of nitrogens with two attached hydrogens (primary N) is 1. The fraction of sp³-hybridized carbons (Fsp3) is 0.556. The highest BCUT2D eigenvalue weighted by molar-refractivity contribution is 5.94. The van der Waals surface area contributed by atoms with E-state index >= 15 is 0 Å². The molecule has 132 valence electrons.